The number of benzene rings is 1. The van der Waals surface area contributed by atoms with E-state index in [1.54, 1.807) is 13.3 Å². The van der Waals surface area contributed by atoms with Crippen LogP contribution in [0.1, 0.15) is 52.6 Å². The number of amides is 2. The molecule has 1 atom stereocenters. The molecule has 33 heavy (non-hydrogen) atoms. The van der Waals surface area contributed by atoms with E-state index in [-0.39, 0.29) is 24.3 Å². The number of hydrogen-bond donors (Lipinski definition) is 0. The molecule has 1 aromatic heterocycles. The Balaban J connectivity index is 1.28. The first-order chi connectivity index (χ1) is 16.0. The number of nitrogens with zero attached hydrogens (tertiary/aromatic N) is 4. The molecule has 2 aromatic rings. The van der Waals surface area contributed by atoms with E-state index in [9.17, 15) is 9.59 Å². The summed E-state index contributed by atoms with van der Waals surface area (Å²) in [5, 5.41) is 0. The zero-order valence-corrected chi connectivity index (χ0v) is 19.0. The number of likely N-dealkylation sites (tertiary alicyclic amines) is 2. The lowest BCUT2D eigenvalue weighted by Gasteiger charge is -2.23. The lowest BCUT2D eigenvalue weighted by atomic mass is 10.1. The number of fused-ring (bicyclic) bond motifs is 1. The maximum absolute atomic E-state index is 13.2. The number of rotatable bonds is 4. The van der Waals surface area contributed by atoms with Crippen LogP contribution >= 0.6 is 0 Å². The summed E-state index contributed by atoms with van der Waals surface area (Å²) in [4.78, 5) is 38.7. The molecule has 2 amide bonds. The fourth-order valence-corrected chi connectivity index (χ4v) is 4.81. The Labute approximate surface area is 193 Å². The number of carbonyl (C=O) groups excluding carboxylic acids is 2. The Kier molecular flexibility index (Phi) is 5.74. The highest BCUT2D eigenvalue weighted by molar-refractivity contribution is 5.99. The van der Waals surface area contributed by atoms with Crippen LogP contribution in [0, 0.1) is 6.92 Å². The maximum Gasteiger partial charge on any atom is 0.257 e. The molecule has 1 aromatic carbocycles. The molecule has 0 aliphatic carbocycles. The molecule has 172 valence electrons. The smallest absolute Gasteiger partial charge is 0.257 e. The summed E-state index contributed by atoms with van der Waals surface area (Å²) < 4.78 is 11.2. The van der Waals surface area contributed by atoms with Crippen molar-refractivity contribution >= 4 is 17.9 Å². The van der Waals surface area contributed by atoms with E-state index in [4.69, 9.17) is 9.47 Å². The van der Waals surface area contributed by atoms with E-state index in [2.05, 4.69) is 9.97 Å². The second kappa shape index (κ2) is 8.84. The van der Waals surface area contributed by atoms with Crippen molar-refractivity contribution in [2.45, 2.75) is 32.1 Å². The molecular weight excluding hydrogens is 420 g/mol. The first kappa shape index (κ1) is 21.4. The van der Waals surface area contributed by atoms with Gasteiger partial charge in [0.1, 0.15) is 12.4 Å². The van der Waals surface area contributed by atoms with Gasteiger partial charge in [-0.25, -0.2) is 9.97 Å². The van der Waals surface area contributed by atoms with Gasteiger partial charge in [0.2, 0.25) is 0 Å². The van der Waals surface area contributed by atoms with Gasteiger partial charge in [0, 0.05) is 43.9 Å². The number of aryl methyl sites for hydroxylation is 1. The summed E-state index contributed by atoms with van der Waals surface area (Å²) in [5.74, 6) is 2.08. The average molecular weight is 449 g/mol. The van der Waals surface area contributed by atoms with Crippen molar-refractivity contribution < 1.29 is 19.1 Å². The highest BCUT2D eigenvalue weighted by Gasteiger charge is 2.32. The van der Waals surface area contributed by atoms with Crippen molar-refractivity contribution in [1.82, 2.24) is 19.8 Å². The topological polar surface area (TPSA) is 84.9 Å². The van der Waals surface area contributed by atoms with Crippen molar-refractivity contribution in [1.29, 1.82) is 0 Å². The minimum Gasteiger partial charge on any atom is -0.493 e. The summed E-state index contributed by atoms with van der Waals surface area (Å²) in [7, 11) is 1.60. The van der Waals surface area contributed by atoms with Gasteiger partial charge < -0.3 is 19.3 Å². The Morgan fingerprint density at radius 2 is 1.94 bits per heavy atom. The van der Waals surface area contributed by atoms with Crippen LogP contribution in [0.4, 0.5) is 0 Å². The first-order valence-corrected chi connectivity index (χ1v) is 11.5. The Bertz CT molecular complexity index is 1120. The van der Waals surface area contributed by atoms with Crippen LogP contribution in [0.25, 0.3) is 6.08 Å². The van der Waals surface area contributed by atoms with Crippen LogP contribution in [0.3, 0.4) is 0 Å². The molecule has 0 spiro atoms. The zero-order chi connectivity index (χ0) is 22.9. The van der Waals surface area contributed by atoms with E-state index in [1.807, 2.05) is 41.0 Å². The molecule has 0 bridgehead atoms. The SMILES string of the molecule is COc1cccc2c1OCC(C(=O)N1CC[C@H](c3ncc(C(=O)N4CCCC4)c(C)n3)C1)=C2. The molecule has 5 rings (SSSR count). The van der Waals surface area contributed by atoms with Crippen LogP contribution in [0.2, 0.25) is 0 Å². The van der Waals surface area contributed by atoms with Crippen LogP contribution < -0.4 is 9.47 Å². The van der Waals surface area contributed by atoms with Crippen molar-refractivity contribution in [3.63, 3.8) is 0 Å². The van der Waals surface area contributed by atoms with Gasteiger partial charge in [0.25, 0.3) is 11.8 Å². The molecular formula is C25H28N4O4. The number of para-hydroxylation sites is 1. The predicted octanol–water partition coefficient (Wildman–Crippen LogP) is 2.82. The maximum atomic E-state index is 13.2. The predicted molar refractivity (Wildman–Crippen MR) is 122 cm³/mol. The van der Waals surface area contributed by atoms with Gasteiger partial charge in [0.05, 0.1) is 23.9 Å². The number of aromatic nitrogens is 2. The van der Waals surface area contributed by atoms with Crippen molar-refractivity contribution in [2.24, 2.45) is 0 Å². The van der Waals surface area contributed by atoms with Crippen molar-refractivity contribution in [2.75, 3.05) is 39.9 Å². The standard InChI is InChI=1S/C25H28N4O4/c1-16-20(25(31)28-9-3-4-10-28)13-26-23(27-16)18-8-11-29(14-18)24(30)19-12-17-6-5-7-21(32-2)22(17)33-15-19/h5-7,12-13,18H,3-4,8-11,14-15H2,1-2H3/t18-/m0/s1. The number of methoxy groups -OCH3 is 1. The average Bonchev–Trinajstić information content (AvgIpc) is 3.55. The highest BCUT2D eigenvalue weighted by atomic mass is 16.5. The van der Waals surface area contributed by atoms with E-state index < -0.39 is 0 Å². The van der Waals surface area contributed by atoms with Crippen molar-refractivity contribution in [3.05, 3.63) is 52.6 Å². The first-order valence-electron chi connectivity index (χ1n) is 11.5. The second-order valence-electron chi connectivity index (χ2n) is 8.80. The number of carbonyl (C=O) groups is 2. The molecule has 2 saturated heterocycles. The molecule has 2 fully saturated rings. The van der Waals surface area contributed by atoms with E-state index >= 15 is 0 Å². The summed E-state index contributed by atoms with van der Waals surface area (Å²) >= 11 is 0. The number of ether oxygens (including phenoxy) is 2. The highest BCUT2D eigenvalue weighted by Crippen LogP contribution is 2.36. The molecule has 4 heterocycles. The molecule has 3 aliphatic rings. The fourth-order valence-electron chi connectivity index (χ4n) is 4.81. The third-order valence-corrected chi connectivity index (χ3v) is 6.67. The van der Waals surface area contributed by atoms with Gasteiger partial charge in [-0.05, 0) is 38.3 Å². The van der Waals surface area contributed by atoms with Gasteiger partial charge in [-0.1, -0.05) is 12.1 Å². The minimum atomic E-state index is -0.0245. The largest absolute Gasteiger partial charge is 0.493 e. The summed E-state index contributed by atoms with van der Waals surface area (Å²) in [6.45, 7) is 4.88. The molecule has 0 unspecified atom stereocenters. The molecule has 0 radical (unpaired) electrons. The monoisotopic (exact) mass is 448 g/mol. The minimum absolute atomic E-state index is 0.0147. The van der Waals surface area contributed by atoms with E-state index in [0.29, 0.717) is 47.2 Å². The van der Waals surface area contributed by atoms with Gasteiger partial charge in [-0.2, -0.15) is 0 Å². The third kappa shape index (κ3) is 4.05. The Morgan fingerprint density at radius 3 is 2.70 bits per heavy atom. The number of hydrogen-bond acceptors (Lipinski definition) is 6. The molecule has 8 nitrogen and oxygen atoms in total. The Hall–Kier alpha value is -3.42. The Morgan fingerprint density at radius 1 is 1.12 bits per heavy atom. The second-order valence-corrected chi connectivity index (χ2v) is 8.80. The van der Waals surface area contributed by atoms with E-state index in [0.717, 1.165) is 37.9 Å². The van der Waals surface area contributed by atoms with Gasteiger partial charge >= 0.3 is 0 Å². The third-order valence-electron chi connectivity index (χ3n) is 6.67. The van der Waals surface area contributed by atoms with Crippen molar-refractivity contribution in [3.8, 4) is 11.5 Å². The molecule has 0 N–H and O–H groups in total. The quantitative estimate of drug-likeness (QED) is 0.715. The normalized spacial score (nSPS) is 19.7. The van der Waals surface area contributed by atoms with Crippen LogP contribution in [0.5, 0.6) is 11.5 Å². The summed E-state index contributed by atoms with van der Waals surface area (Å²) in [6, 6.07) is 5.64. The lowest BCUT2D eigenvalue weighted by molar-refractivity contribution is -0.126. The van der Waals surface area contributed by atoms with Gasteiger partial charge in [-0.3, -0.25) is 9.59 Å². The summed E-state index contributed by atoms with van der Waals surface area (Å²) in [6.07, 6.45) is 6.44. The lowest BCUT2D eigenvalue weighted by Crippen LogP contribution is -2.32. The van der Waals surface area contributed by atoms with Gasteiger partial charge in [0.15, 0.2) is 11.5 Å². The van der Waals surface area contributed by atoms with Crippen LogP contribution in [-0.2, 0) is 4.79 Å². The zero-order valence-electron chi connectivity index (χ0n) is 19.0. The molecule has 0 saturated carbocycles. The van der Waals surface area contributed by atoms with Gasteiger partial charge in [-0.15, -0.1) is 0 Å². The fraction of sp³-hybridized carbons (Fsp3) is 0.440. The van der Waals surface area contributed by atoms with Crippen LogP contribution in [-0.4, -0.2) is 71.5 Å². The molecule has 8 heteroatoms. The van der Waals surface area contributed by atoms with E-state index in [1.165, 1.54) is 0 Å². The van der Waals surface area contributed by atoms with Crippen LogP contribution in [0.15, 0.2) is 30.0 Å². The summed E-state index contributed by atoms with van der Waals surface area (Å²) in [5.41, 5.74) is 2.75. The molecule has 3 aliphatic heterocycles.